The highest BCUT2D eigenvalue weighted by atomic mass is 16.6. The third-order valence-electron chi connectivity index (χ3n) is 9.92. The van der Waals surface area contributed by atoms with Crippen molar-refractivity contribution in [1.82, 2.24) is 0 Å². The van der Waals surface area contributed by atoms with E-state index >= 15 is 0 Å². The zero-order valence-electron chi connectivity index (χ0n) is 19.9. The Balaban J connectivity index is 1.59. The van der Waals surface area contributed by atoms with E-state index in [2.05, 4.69) is 20.8 Å². The standard InChI is InChI=1S/C27H40O4/c1-5-6-7-8-24(30)31-27(18(2)28)16-13-23-21-10-9-19-17-20(29)11-14-25(19,3)22(21)12-15-26(23,27)4/h17,21-23H,5-16H2,1-4H3/t21-,22-,23-,25-,26-,27-/m1/s1. The van der Waals surface area contributed by atoms with Gasteiger partial charge in [-0.25, -0.2) is 0 Å². The topological polar surface area (TPSA) is 60.4 Å². The normalized spacial score (nSPS) is 41.6. The molecule has 0 aromatic carbocycles. The molecule has 0 unspecified atom stereocenters. The van der Waals surface area contributed by atoms with Gasteiger partial charge in [-0.2, -0.15) is 0 Å². The Morgan fingerprint density at radius 2 is 1.77 bits per heavy atom. The monoisotopic (exact) mass is 428 g/mol. The average molecular weight is 429 g/mol. The number of ether oxygens (including phenoxy) is 1. The number of rotatable bonds is 6. The molecule has 3 saturated carbocycles. The van der Waals surface area contributed by atoms with Crippen LogP contribution in [0.15, 0.2) is 11.6 Å². The molecule has 0 amide bonds. The Morgan fingerprint density at radius 1 is 1.03 bits per heavy atom. The second-order valence-electron chi connectivity index (χ2n) is 11.3. The minimum Gasteiger partial charge on any atom is -0.450 e. The maximum atomic E-state index is 13.1. The van der Waals surface area contributed by atoms with Gasteiger partial charge in [-0.15, -0.1) is 0 Å². The van der Waals surface area contributed by atoms with Gasteiger partial charge < -0.3 is 4.74 Å². The largest absolute Gasteiger partial charge is 0.450 e. The maximum Gasteiger partial charge on any atom is 0.306 e. The van der Waals surface area contributed by atoms with E-state index < -0.39 is 5.60 Å². The summed E-state index contributed by atoms with van der Waals surface area (Å²) >= 11 is 0. The zero-order chi connectivity index (χ0) is 22.4. The van der Waals surface area contributed by atoms with Gasteiger partial charge >= 0.3 is 5.97 Å². The summed E-state index contributed by atoms with van der Waals surface area (Å²) in [6.45, 7) is 8.37. The van der Waals surface area contributed by atoms with Crippen LogP contribution in [0, 0.1) is 28.6 Å². The average Bonchev–Trinajstić information content (AvgIpc) is 3.02. The molecule has 4 aliphatic rings. The highest BCUT2D eigenvalue weighted by Gasteiger charge is 2.67. The molecule has 172 valence electrons. The number of ketones is 2. The van der Waals surface area contributed by atoms with Crippen molar-refractivity contribution in [2.24, 2.45) is 28.6 Å². The van der Waals surface area contributed by atoms with Crippen LogP contribution in [0.4, 0.5) is 0 Å². The number of hydrogen-bond donors (Lipinski definition) is 0. The fraction of sp³-hybridized carbons (Fsp3) is 0.815. The number of hydrogen-bond acceptors (Lipinski definition) is 4. The van der Waals surface area contributed by atoms with E-state index in [0.717, 1.165) is 57.8 Å². The SMILES string of the molecule is CCCCCC(=O)O[C@@]1(C(C)=O)CC[C@@H]2[C@@H]3CCC4=CC(=O)CC[C@@]4(C)[C@@H]3CC[C@]21C. The van der Waals surface area contributed by atoms with Crippen molar-refractivity contribution in [3.63, 3.8) is 0 Å². The zero-order valence-corrected chi connectivity index (χ0v) is 19.9. The summed E-state index contributed by atoms with van der Waals surface area (Å²) in [5, 5.41) is 0. The smallest absolute Gasteiger partial charge is 0.306 e. The van der Waals surface area contributed by atoms with E-state index in [9.17, 15) is 14.4 Å². The van der Waals surface area contributed by atoms with E-state index in [-0.39, 0.29) is 28.4 Å². The molecule has 4 heteroatoms. The third kappa shape index (κ3) is 3.43. The predicted molar refractivity (Wildman–Crippen MR) is 120 cm³/mol. The number of allylic oxidation sites excluding steroid dienone is 1. The molecule has 3 fully saturated rings. The Kier molecular flexibility index (Phi) is 5.98. The Morgan fingerprint density at radius 3 is 2.48 bits per heavy atom. The lowest BCUT2D eigenvalue weighted by Crippen LogP contribution is -2.58. The van der Waals surface area contributed by atoms with Crippen LogP contribution in [0.1, 0.15) is 105 Å². The number of unbranched alkanes of at least 4 members (excludes halogenated alkanes) is 2. The van der Waals surface area contributed by atoms with E-state index in [0.29, 0.717) is 37.0 Å². The van der Waals surface area contributed by atoms with Crippen LogP contribution < -0.4 is 0 Å². The molecular weight excluding hydrogens is 388 g/mol. The first kappa shape index (κ1) is 22.7. The molecule has 31 heavy (non-hydrogen) atoms. The van der Waals surface area contributed by atoms with Crippen molar-refractivity contribution in [2.75, 3.05) is 0 Å². The second-order valence-corrected chi connectivity index (χ2v) is 11.3. The summed E-state index contributed by atoms with van der Waals surface area (Å²) in [5.74, 6) is 1.66. The quantitative estimate of drug-likeness (QED) is 0.386. The summed E-state index contributed by atoms with van der Waals surface area (Å²) < 4.78 is 6.16. The Hall–Kier alpha value is -1.45. The fourth-order valence-electron chi connectivity index (χ4n) is 8.14. The summed E-state index contributed by atoms with van der Waals surface area (Å²) in [4.78, 5) is 37.8. The highest BCUT2D eigenvalue weighted by molar-refractivity contribution is 5.91. The molecule has 0 aromatic heterocycles. The van der Waals surface area contributed by atoms with E-state index in [1.807, 2.05) is 6.08 Å². The van der Waals surface area contributed by atoms with Crippen molar-refractivity contribution in [3.8, 4) is 0 Å². The van der Waals surface area contributed by atoms with Gasteiger partial charge in [0.15, 0.2) is 17.2 Å². The summed E-state index contributed by atoms with van der Waals surface area (Å²) in [7, 11) is 0. The first-order chi connectivity index (χ1) is 14.7. The summed E-state index contributed by atoms with van der Waals surface area (Å²) in [6, 6.07) is 0. The van der Waals surface area contributed by atoms with Crippen LogP contribution in [0.2, 0.25) is 0 Å². The fourth-order valence-corrected chi connectivity index (χ4v) is 8.14. The van der Waals surface area contributed by atoms with Crippen LogP contribution in [-0.2, 0) is 19.1 Å². The Labute approximate surface area is 187 Å². The van der Waals surface area contributed by atoms with E-state index in [1.165, 1.54) is 5.57 Å². The van der Waals surface area contributed by atoms with Crippen molar-refractivity contribution < 1.29 is 19.1 Å². The molecule has 4 nitrogen and oxygen atoms in total. The number of carbonyl (C=O) groups is 3. The molecule has 0 bridgehead atoms. The lowest BCUT2D eigenvalue weighted by molar-refractivity contribution is -0.189. The molecule has 0 saturated heterocycles. The minimum atomic E-state index is -0.953. The van der Waals surface area contributed by atoms with Crippen molar-refractivity contribution >= 4 is 17.5 Å². The molecule has 0 aromatic rings. The van der Waals surface area contributed by atoms with Gasteiger partial charge in [-0.1, -0.05) is 39.2 Å². The summed E-state index contributed by atoms with van der Waals surface area (Å²) in [6.07, 6.45) is 12.6. The lowest BCUT2D eigenvalue weighted by atomic mass is 9.46. The van der Waals surface area contributed by atoms with Gasteiger partial charge in [0.2, 0.25) is 0 Å². The number of Topliss-reactive ketones (excluding diaryl/α,β-unsaturated/α-hetero) is 1. The molecule has 0 aliphatic heterocycles. The van der Waals surface area contributed by atoms with Crippen LogP contribution in [-0.4, -0.2) is 23.1 Å². The maximum absolute atomic E-state index is 13.1. The highest BCUT2D eigenvalue weighted by Crippen LogP contribution is 2.68. The third-order valence-corrected chi connectivity index (χ3v) is 9.92. The van der Waals surface area contributed by atoms with E-state index in [4.69, 9.17) is 4.74 Å². The van der Waals surface area contributed by atoms with Gasteiger partial charge in [0.25, 0.3) is 0 Å². The van der Waals surface area contributed by atoms with Gasteiger partial charge in [0.1, 0.15) is 0 Å². The first-order valence-electron chi connectivity index (χ1n) is 12.6. The second kappa shape index (κ2) is 8.15. The number of esters is 1. The molecule has 0 heterocycles. The van der Waals surface area contributed by atoms with Crippen molar-refractivity contribution in [2.45, 2.75) is 110 Å². The number of fused-ring (bicyclic) bond motifs is 5. The van der Waals surface area contributed by atoms with Crippen LogP contribution in [0.5, 0.6) is 0 Å². The van der Waals surface area contributed by atoms with Gasteiger partial charge in [-0.05, 0) is 87.5 Å². The molecule has 0 N–H and O–H groups in total. The molecular formula is C27H40O4. The molecule has 4 aliphatic carbocycles. The first-order valence-corrected chi connectivity index (χ1v) is 12.6. The molecule has 0 radical (unpaired) electrons. The number of carbonyl (C=O) groups excluding carboxylic acids is 3. The minimum absolute atomic E-state index is 0.0330. The van der Waals surface area contributed by atoms with Gasteiger partial charge in [0.05, 0.1) is 0 Å². The van der Waals surface area contributed by atoms with E-state index in [1.54, 1.807) is 6.92 Å². The van der Waals surface area contributed by atoms with Gasteiger partial charge in [0, 0.05) is 18.3 Å². The van der Waals surface area contributed by atoms with Crippen molar-refractivity contribution in [1.29, 1.82) is 0 Å². The van der Waals surface area contributed by atoms with Crippen LogP contribution in [0.3, 0.4) is 0 Å². The summed E-state index contributed by atoms with van der Waals surface area (Å²) in [5.41, 5.74) is 0.261. The lowest BCUT2D eigenvalue weighted by Gasteiger charge is -2.59. The van der Waals surface area contributed by atoms with Gasteiger partial charge in [-0.3, -0.25) is 14.4 Å². The molecule has 0 spiro atoms. The molecule has 6 atom stereocenters. The predicted octanol–water partition coefficient (Wildman–Crippen LogP) is 5.97. The molecule has 4 rings (SSSR count). The Bertz CT molecular complexity index is 797. The van der Waals surface area contributed by atoms with Crippen molar-refractivity contribution in [3.05, 3.63) is 11.6 Å². The van der Waals surface area contributed by atoms with Crippen LogP contribution >= 0.6 is 0 Å². The van der Waals surface area contributed by atoms with Crippen LogP contribution in [0.25, 0.3) is 0 Å².